The second-order valence-corrected chi connectivity index (χ2v) is 10.5. The molecule has 0 radical (unpaired) electrons. The van der Waals surface area contributed by atoms with Crippen molar-refractivity contribution in [3.63, 3.8) is 0 Å². The maximum Gasteiger partial charge on any atom is 0.471 e. The highest BCUT2D eigenvalue weighted by molar-refractivity contribution is 6.08. The number of nitrogens with zero attached hydrogens (tertiary/aromatic N) is 2. The van der Waals surface area contributed by atoms with Gasteiger partial charge in [0.2, 0.25) is 0 Å². The maximum absolute atomic E-state index is 13.7. The van der Waals surface area contributed by atoms with Crippen molar-refractivity contribution in [2.45, 2.75) is 72.2 Å². The van der Waals surface area contributed by atoms with Crippen LogP contribution in [-0.2, 0) is 36.8 Å². The van der Waals surface area contributed by atoms with Crippen LogP contribution in [0.2, 0.25) is 0 Å². The number of benzene rings is 1. The summed E-state index contributed by atoms with van der Waals surface area (Å²) >= 11 is 0. The van der Waals surface area contributed by atoms with E-state index in [4.69, 9.17) is 18.9 Å². The standard InChI is InChI=1S/C29H39F3N2O7/c1-18(2)34(28(37)29(30,31)32)25-21(26(38-5)20(4)22-17-41-27(36)24(22)25)9-7-19(3)8-10-23(35)40-14-6-11-33-12-15-39-16-13-33/h7,18H,6,8-17H2,1-5H3. The quantitative estimate of drug-likeness (QED) is 0.201. The Labute approximate surface area is 238 Å². The molecule has 0 spiro atoms. The van der Waals surface area contributed by atoms with Gasteiger partial charge in [-0.1, -0.05) is 11.6 Å². The predicted octanol–water partition coefficient (Wildman–Crippen LogP) is 4.51. The molecule has 2 aliphatic heterocycles. The highest BCUT2D eigenvalue weighted by Crippen LogP contribution is 2.44. The van der Waals surface area contributed by atoms with E-state index in [0.29, 0.717) is 42.3 Å². The molecule has 228 valence electrons. The molecule has 0 aliphatic carbocycles. The Bertz CT molecular complexity index is 1160. The largest absolute Gasteiger partial charge is 0.496 e. The van der Waals surface area contributed by atoms with Crippen LogP contribution in [-0.4, -0.2) is 81.5 Å². The molecule has 0 N–H and O–H groups in total. The number of carbonyl (C=O) groups excluding carboxylic acids is 3. The highest BCUT2D eigenvalue weighted by Gasteiger charge is 2.47. The molecule has 0 saturated carbocycles. The van der Waals surface area contributed by atoms with Crippen molar-refractivity contribution in [1.29, 1.82) is 0 Å². The Morgan fingerprint density at radius 1 is 1.17 bits per heavy atom. The zero-order valence-corrected chi connectivity index (χ0v) is 24.3. The number of rotatable bonds is 12. The third kappa shape index (κ3) is 8.00. The van der Waals surface area contributed by atoms with Crippen molar-refractivity contribution >= 4 is 23.5 Å². The van der Waals surface area contributed by atoms with Gasteiger partial charge in [0.25, 0.3) is 0 Å². The molecule has 0 atom stereocenters. The topological polar surface area (TPSA) is 94.6 Å². The summed E-state index contributed by atoms with van der Waals surface area (Å²) in [5.41, 5.74) is 1.79. The average molecular weight is 585 g/mol. The fourth-order valence-corrected chi connectivity index (χ4v) is 5.07. The van der Waals surface area contributed by atoms with Gasteiger partial charge in [0.1, 0.15) is 12.4 Å². The maximum atomic E-state index is 13.7. The first-order valence-electron chi connectivity index (χ1n) is 13.8. The number of hydrogen-bond donors (Lipinski definition) is 0. The summed E-state index contributed by atoms with van der Waals surface area (Å²) in [7, 11) is 1.39. The molecule has 0 bridgehead atoms. The summed E-state index contributed by atoms with van der Waals surface area (Å²) in [5, 5.41) is 0. The smallest absolute Gasteiger partial charge is 0.471 e. The molecule has 1 fully saturated rings. The molecule has 0 unspecified atom stereocenters. The molecule has 0 aromatic heterocycles. The van der Waals surface area contributed by atoms with E-state index in [9.17, 15) is 27.6 Å². The Morgan fingerprint density at radius 2 is 1.85 bits per heavy atom. The van der Waals surface area contributed by atoms with E-state index in [-0.39, 0.29) is 48.0 Å². The molecule has 3 rings (SSSR count). The molecular formula is C29H39F3N2O7. The number of anilines is 1. The first-order valence-corrected chi connectivity index (χ1v) is 13.8. The molecule has 1 saturated heterocycles. The molecule has 1 aromatic rings. The fraction of sp³-hybridized carbons (Fsp3) is 0.621. The second kappa shape index (κ2) is 14.2. The zero-order valence-electron chi connectivity index (χ0n) is 24.3. The van der Waals surface area contributed by atoms with Crippen LogP contribution in [0.4, 0.5) is 18.9 Å². The lowest BCUT2D eigenvalue weighted by Gasteiger charge is -2.32. The van der Waals surface area contributed by atoms with Crippen LogP contribution in [0.3, 0.4) is 0 Å². The third-order valence-corrected chi connectivity index (χ3v) is 7.23. The summed E-state index contributed by atoms with van der Waals surface area (Å²) in [6.45, 7) is 10.6. The number of morpholine rings is 1. The highest BCUT2D eigenvalue weighted by atomic mass is 19.4. The van der Waals surface area contributed by atoms with Crippen LogP contribution in [0.5, 0.6) is 5.75 Å². The predicted molar refractivity (Wildman–Crippen MR) is 145 cm³/mol. The molecule has 2 aliphatic rings. The van der Waals surface area contributed by atoms with Crippen LogP contribution >= 0.6 is 0 Å². The normalized spacial score (nSPS) is 16.0. The van der Waals surface area contributed by atoms with Crippen LogP contribution in [0, 0.1) is 6.92 Å². The minimum atomic E-state index is -5.16. The lowest BCUT2D eigenvalue weighted by molar-refractivity contribution is -0.170. The first-order chi connectivity index (χ1) is 19.4. The third-order valence-electron chi connectivity index (χ3n) is 7.23. The summed E-state index contributed by atoms with van der Waals surface area (Å²) in [6.07, 6.45) is -2.09. The molecule has 2 heterocycles. The van der Waals surface area contributed by atoms with Crippen molar-refractivity contribution in [2.24, 2.45) is 0 Å². The minimum absolute atomic E-state index is 0.0590. The number of ether oxygens (including phenoxy) is 4. The van der Waals surface area contributed by atoms with Crippen LogP contribution in [0.15, 0.2) is 11.6 Å². The number of amides is 1. The molecule has 12 heteroatoms. The van der Waals surface area contributed by atoms with E-state index in [1.807, 2.05) is 0 Å². The van der Waals surface area contributed by atoms with Crippen molar-refractivity contribution in [3.05, 3.63) is 33.9 Å². The number of fused-ring (bicyclic) bond motifs is 1. The Hall–Kier alpha value is -3.12. The number of allylic oxidation sites excluding steroid dienone is 2. The number of alkyl halides is 3. The average Bonchev–Trinajstić information content (AvgIpc) is 3.31. The minimum Gasteiger partial charge on any atom is -0.496 e. The van der Waals surface area contributed by atoms with Gasteiger partial charge < -0.3 is 23.8 Å². The summed E-state index contributed by atoms with van der Waals surface area (Å²) < 4.78 is 62.5. The molecule has 9 nitrogen and oxygen atoms in total. The molecule has 41 heavy (non-hydrogen) atoms. The first kappa shape index (κ1) is 32.4. The molecule has 1 aromatic carbocycles. The Kier molecular flexibility index (Phi) is 11.2. The number of methoxy groups -OCH3 is 1. The number of esters is 2. The number of hydrogen-bond acceptors (Lipinski definition) is 8. The van der Waals surface area contributed by atoms with Gasteiger partial charge in [-0.25, -0.2) is 4.79 Å². The fourth-order valence-electron chi connectivity index (χ4n) is 5.07. The lowest BCUT2D eigenvalue weighted by atomic mass is 9.92. The van der Waals surface area contributed by atoms with E-state index in [2.05, 4.69) is 4.90 Å². The molecule has 1 amide bonds. The van der Waals surface area contributed by atoms with Gasteiger partial charge in [0, 0.05) is 43.2 Å². The van der Waals surface area contributed by atoms with E-state index < -0.39 is 24.1 Å². The lowest BCUT2D eigenvalue weighted by Crippen LogP contribution is -2.46. The van der Waals surface area contributed by atoms with Crippen LogP contribution < -0.4 is 9.64 Å². The van der Waals surface area contributed by atoms with E-state index >= 15 is 0 Å². The second-order valence-electron chi connectivity index (χ2n) is 10.5. The van der Waals surface area contributed by atoms with Gasteiger partial charge >= 0.3 is 24.0 Å². The van der Waals surface area contributed by atoms with Crippen LogP contribution in [0.1, 0.15) is 67.1 Å². The van der Waals surface area contributed by atoms with Gasteiger partial charge in [0.15, 0.2) is 0 Å². The van der Waals surface area contributed by atoms with Crippen molar-refractivity contribution < 1.29 is 46.5 Å². The SMILES string of the molecule is COc1c(C)c2c(c(N(C(=O)C(F)(F)F)C(C)C)c1CC=C(C)CCC(=O)OCCCN1CCOCC1)C(=O)OC2. The summed E-state index contributed by atoms with van der Waals surface area (Å²) in [4.78, 5) is 40.5. The van der Waals surface area contributed by atoms with Crippen molar-refractivity contribution in [2.75, 3.05) is 51.5 Å². The van der Waals surface area contributed by atoms with E-state index in [1.54, 1.807) is 19.9 Å². The Morgan fingerprint density at radius 3 is 2.46 bits per heavy atom. The van der Waals surface area contributed by atoms with Gasteiger partial charge in [-0.15, -0.1) is 0 Å². The van der Waals surface area contributed by atoms with Gasteiger partial charge in [0.05, 0.1) is 38.2 Å². The number of cyclic esters (lactones) is 1. The van der Waals surface area contributed by atoms with Crippen molar-refractivity contribution in [1.82, 2.24) is 4.90 Å². The van der Waals surface area contributed by atoms with Gasteiger partial charge in [-0.05, 0) is 52.5 Å². The van der Waals surface area contributed by atoms with E-state index in [0.717, 1.165) is 31.6 Å². The van der Waals surface area contributed by atoms with Gasteiger partial charge in [-0.2, -0.15) is 13.2 Å². The monoisotopic (exact) mass is 584 g/mol. The number of halogens is 3. The van der Waals surface area contributed by atoms with Gasteiger partial charge in [-0.3, -0.25) is 14.5 Å². The van der Waals surface area contributed by atoms with Crippen molar-refractivity contribution in [3.8, 4) is 5.75 Å². The number of carbonyl (C=O) groups is 3. The summed E-state index contributed by atoms with van der Waals surface area (Å²) in [6, 6.07) is -0.920. The summed E-state index contributed by atoms with van der Waals surface area (Å²) in [5.74, 6) is -2.93. The van der Waals surface area contributed by atoms with Crippen LogP contribution in [0.25, 0.3) is 0 Å². The molecular weight excluding hydrogens is 545 g/mol. The van der Waals surface area contributed by atoms with E-state index in [1.165, 1.54) is 21.0 Å². The zero-order chi connectivity index (χ0) is 30.3. The Balaban J connectivity index is 1.78.